The molecule has 0 heterocycles. The first-order valence-corrected chi connectivity index (χ1v) is 4.12. The Hall–Kier alpha value is -1.45. The van der Waals surface area contributed by atoms with Crippen molar-refractivity contribution in [3.8, 4) is 0 Å². The Morgan fingerprint density at radius 3 is 2.29 bits per heavy atom. The fourth-order valence-corrected chi connectivity index (χ4v) is 1.07. The van der Waals surface area contributed by atoms with Crippen LogP contribution in [0.5, 0.6) is 0 Å². The minimum absolute atomic E-state index is 0.269. The minimum Gasteiger partial charge on any atom is -0.481 e. The largest absolute Gasteiger partial charge is 0.481 e. The Labute approximate surface area is 80.2 Å². The molecule has 1 aromatic carbocycles. The number of carbonyl (C=O) groups is 1. The van der Waals surface area contributed by atoms with Gasteiger partial charge in [-0.2, -0.15) is 0 Å². The van der Waals surface area contributed by atoms with Gasteiger partial charge in [0, 0.05) is 5.56 Å². The molecule has 0 aliphatic carbocycles. The van der Waals surface area contributed by atoms with Crippen molar-refractivity contribution in [2.45, 2.75) is 12.8 Å². The number of rotatable bonds is 3. The Kier molecular flexibility index (Phi) is 2.84. The van der Waals surface area contributed by atoms with Crippen molar-refractivity contribution in [2.75, 3.05) is 0 Å². The van der Waals surface area contributed by atoms with Crippen molar-refractivity contribution in [1.82, 2.24) is 0 Å². The molecule has 2 nitrogen and oxygen atoms in total. The molecule has 0 aromatic heterocycles. The maximum absolute atomic E-state index is 13.4. The summed E-state index contributed by atoms with van der Waals surface area (Å²) in [5, 5.41) is 8.50. The van der Waals surface area contributed by atoms with Crippen LogP contribution in [0.3, 0.4) is 0 Å². The number of carboxylic acid groups (broad SMARTS) is 1. The molecule has 1 unspecified atom stereocenters. The number of hydrogen-bond acceptors (Lipinski definition) is 1. The van der Waals surface area contributed by atoms with Crippen LogP contribution in [0, 0.1) is 5.92 Å². The van der Waals surface area contributed by atoms with Crippen LogP contribution in [-0.2, 0) is 10.7 Å². The molecular formula is C10H10F2O2. The molecule has 0 saturated carbocycles. The third-order valence-corrected chi connectivity index (χ3v) is 2.07. The van der Waals surface area contributed by atoms with Gasteiger partial charge in [-0.25, -0.2) is 8.78 Å². The summed E-state index contributed by atoms with van der Waals surface area (Å²) < 4.78 is 26.8. The average molecular weight is 200 g/mol. The first kappa shape index (κ1) is 10.6. The summed E-state index contributed by atoms with van der Waals surface area (Å²) in [5.74, 6) is -6.55. The molecule has 0 aliphatic heterocycles. The van der Waals surface area contributed by atoms with E-state index in [4.69, 9.17) is 5.11 Å². The zero-order valence-electron chi connectivity index (χ0n) is 7.58. The van der Waals surface area contributed by atoms with E-state index in [9.17, 15) is 13.6 Å². The van der Waals surface area contributed by atoms with E-state index in [1.807, 2.05) is 0 Å². The monoisotopic (exact) mass is 200 g/mol. The Bertz CT molecular complexity index is 322. The molecule has 1 rings (SSSR count). The summed E-state index contributed by atoms with van der Waals surface area (Å²) in [6, 6.07) is 6.96. The lowest BCUT2D eigenvalue weighted by molar-refractivity contribution is -0.156. The molecule has 4 heteroatoms. The SMILES string of the molecule is CC(C(=O)O)C(F)(F)c1ccccc1. The van der Waals surface area contributed by atoms with Crippen molar-refractivity contribution in [1.29, 1.82) is 0 Å². The van der Waals surface area contributed by atoms with Crippen molar-refractivity contribution in [2.24, 2.45) is 5.92 Å². The lowest BCUT2D eigenvalue weighted by atomic mass is 9.96. The van der Waals surface area contributed by atoms with Gasteiger partial charge in [0.1, 0.15) is 5.92 Å². The van der Waals surface area contributed by atoms with Crippen LogP contribution in [0.15, 0.2) is 30.3 Å². The summed E-state index contributed by atoms with van der Waals surface area (Å²) >= 11 is 0. The highest BCUT2D eigenvalue weighted by molar-refractivity contribution is 5.71. The number of benzene rings is 1. The zero-order valence-corrected chi connectivity index (χ0v) is 7.58. The summed E-state index contributed by atoms with van der Waals surface area (Å²) in [6.07, 6.45) is 0. The van der Waals surface area contributed by atoms with Gasteiger partial charge in [0.15, 0.2) is 0 Å². The molecular weight excluding hydrogens is 190 g/mol. The summed E-state index contributed by atoms with van der Waals surface area (Å²) in [5.41, 5.74) is -0.269. The van der Waals surface area contributed by atoms with Gasteiger partial charge in [0.2, 0.25) is 0 Å². The van der Waals surface area contributed by atoms with Gasteiger partial charge in [-0.1, -0.05) is 30.3 Å². The van der Waals surface area contributed by atoms with Crippen molar-refractivity contribution in [3.63, 3.8) is 0 Å². The van der Waals surface area contributed by atoms with Crippen LogP contribution in [0.4, 0.5) is 8.78 Å². The summed E-state index contributed by atoms with van der Waals surface area (Å²) in [4.78, 5) is 10.4. The average Bonchev–Trinajstić information content (AvgIpc) is 2.18. The molecule has 0 fully saturated rings. The summed E-state index contributed by atoms with van der Waals surface area (Å²) in [6.45, 7) is 0.995. The fraction of sp³-hybridized carbons (Fsp3) is 0.300. The van der Waals surface area contributed by atoms with Gasteiger partial charge in [-0.15, -0.1) is 0 Å². The molecule has 0 radical (unpaired) electrons. The van der Waals surface area contributed by atoms with E-state index in [0.717, 1.165) is 6.92 Å². The molecule has 1 atom stereocenters. The third kappa shape index (κ3) is 1.89. The smallest absolute Gasteiger partial charge is 0.312 e. The van der Waals surface area contributed by atoms with Gasteiger partial charge in [-0.05, 0) is 6.92 Å². The lowest BCUT2D eigenvalue weighted by Crippen LogP contribution is -2.29. The lowest BCUT2D eigenvalue weighted by Gasteiger charge is -2.20. The van der Waals surface area contributed by atoms with Crippen LogP contribution in [-0.4, -0.2) is 11.1 Å². The predicted molar refractivity (Wildman–Crippen MR) is 47.1 cm³/mol. The molecule has 14 heavy (non-hydrogen) atoms. The van der Waals surface area contributed by atoms with Crippen LogP contribution < -0.4 is 0 Å². The molecule has 0 aliphatic rings. The normalized spacial score (nSPS) is 13.6. The standard InChI is InChI=1S/C10H10F2O2/c1-7(9(13)14)10(11,12)8-5-3-2-4-6-8/h2-7H,1H3,(H,13,14). The van der Waals surface area contributed by atoms with E-state index >= 15 is 0 Å². The van der Waals surface area contributed by atoms with Gasteiger partial charge >= 0.3 is 5.97 Å². The van der Waals surface area contributed by atoms with Gasteiger partial charge in [0.25, 0.3) is 5.92 Å². The van der Waals surface area contributed by atoms with E-state index < -0.39 is 17.8 Å². The van der Waals surface area contributed by atoms with E-state index in [1.54, 1.807) is 6.07 Å². The molecule has 0 amide bonds. The molecule has 1 aromatic rings. The quantitative estimate of drug-likeness (QED) is 0.813. The molecule has 1 N–H and O–H groups in total. The van der Waals surface area contributed by atoms with Crippen molar-refractivity contribution < 1.29 is 18.7 Å². The third-order valence-electron chi connectivity index (χ3n) is 2.07. The fourth-order valence-electron chi connectivity index (χ4n) is 1.07. The second-order valence-electron chi connectivity index (χ2n) is 3.05. The minimum atomic E-state index is -3.33. The van der Waals surface area contributed by atoms with Gasteiger partial charge in [0.05, 0.1) is 0 Å². The molecule has 0 bridgehead atoms. The number of halogens is 2. The molecule has 0 spiro atoms. The second-order valence-corrected chi connectivity index (χ2v) is 3.05. The Morgan fingerprint density at radius 1 is 1.36 bits per heavy atom. The second kappa shape index (κ2) is 3.74. The van der Waals surface area contributed by atoms with Crippen molar-refractivity contribution >= 4 is 5.97 Å². The predicted octanol–water partition coefficient (Wildman–Crippen LogP) is 2.50. The topological polar surface area (TPSA) is 37.3 Å². The number of hydrogen-bond donors (Lipinski definition) is 1. The zero-order chi connectivity index (χ0) is 10.8. The van der Waals surface area contributed by atoms with Crippen molar-refractivity contribution in [3.05, 3.63) is 35.9 Å². The Morgan fingerprint density at radius 2 is 1.86 bits per heavy atom. The molecule has 0 saturated heterocycles. The van der Waals surface area contributed by atoms with E-state index in [0.29, 0.717) is 0 Å². The maximum atomic E-state index is 13.4. The van der Waals surface area contributed by atoms with E-state index in [1.165, 1.54) is 24.3 Å². The van der Waals surface area contributed by atoms with E-state index in [2.05, 4.69) is 0 Å². The highest BCUT2D eigenvalue weighted by Crippen LogP contribution is 2.35. The molecule has 76 valence electrons. The van der Waals surface area contributed by atoms with Gasteiger partial charge < -0.3 is 5.11 Å². The Balaban J connectivity index is 3.02. The first-order chi connectivity index (χ1) is 6.46. The first-order valence-electron chi connectivity index (χ1n) is 4.12. The number of aliphatic carboxylic acids is 1. The van der Waals surface area contributed by atoms with Crippen LogP contribution in [0.1, 0.15) is 12.5 Å². The van der Waals surface area contributed by atoms with Crippen LogP contribution in [0.25, 0.3) is 0 Å². The van der Waals surface area contributed by atoms with Crippen LogP contribution >= 0.6 is 0 Å². The highest BCUT2D eigenvalue weighted by atomic mass is 19.3. The maximum Gasteiger partial charge on any atom is 0.312 e. The van der Waals surface area contributed by atoms with Crippen LogP contribution in [0.2, 0.25) is 0 Å². The summed E-state index contributed by atoms with van der Waals surface area (Å²) in [7, 11) is 0. The number of carboxylic acids is 1. The van der Waals surface area contributed by atoms with Gasteiger partial charge in [-0.3, -0.25) is 4.79 Å². The highest BCUT2D eigenvalue weighted by Gasteiger charge is 2.42. The number of alkyl halides is 2. The van der Waals surface area contributed by atoms with E-state index in [-0.39, 0.29) is 5.56 Å².